The standard InChI is InChI=1S/C50H84O6/c1-4-7-10-13-16-18-20-21-22-23-24-25-26-27-28-29-30-32-34-37-40-43-49(52)55-46-47(45-54-48(51)42-39-36-33-15-12-9-6-3)56-50(53)44-41-38-35-31-19-17-14-11-8-5-2/h7,10-11,14,16,18,21-22,24-25,27-28,47H,4-6,8-9,12-13,15,17,19-20,23,26,29-46H2,1-3H3/b10-7-,14-11-,18-16-,22-21-,25-24-,28-27-. The van der Waals surface area contributed by atoms with Gasteiger partial charge in [-0.25, -0.2) is 0 Å². The maximum absolute atomic E-state index is 12.6. The smallest absolute Gasteiger partial charge is 0.306 e. The van der Waals surface area contributed by atoms with Crippen LogP contribution in [0.2, 0.25) is 0 Å². The first-order chi connectivity index (χ1) is 27.5. The van der Waals surface area contributed by atoms with E-state index in [4.69, 9.17) is 14.2 Å². The van der Waals surface area contributed by atoms with Gasteiger partial charge in [-0.3, -0.25) is 14.4 Å². The van der Waals surface area contributed by atoms with Crippen LogP contribution in [0, 0.1) is 0 Å². The molecular formula is C50H84O6. The van der Waals surface area contributed by atoms with Gasteiger partial charge in [0.05, 0.1) is 0 Å². The van der Waals surface area contributed by atoms with Crippen LogP contribution in [0.4, 0.5) is 0 Å². The van der Waals surface area contributed by atoms with Crippen molar-refractivity contribution in [3.05, 3.63) is 72.9 Å². The van der Waals surface area contributed by atoms with Crippen molar-refractivity contribution in [3.63, 3.8) is 0 Å². The number of carbonyl (C=O) groups is 3. The predicted molar refractivity (Wildman–Crippen MR) is 238 cm³/mol. The van der Waals surface area contributed by atoms with Gasteiger partial charge in [0, 0.05) is 19.3 Å². The van der Waals surface area contributed by atoms with Gasteiger partial charge in [-0.1, -0.05) is 177 Å². The Morgan fingerprint density at radius 3 is 1.18 bits per heavy atom. The van der Waals surface area contributed by atoms with Gasteiger partial charge in [-0.2, -0.15) is 0 Å². The number of ether oxygens (including phenoxy) is 3. The zero-order valence-electron chi connectivity index (χ0n) is 36.4. The van der Waals surface area contributed by atoms with Gasteiger partial charge in [0.15, 0.2) is 6.10 Å². The fraction of sp³-hybridized carbons (Fsp3) is 0.700. The van der Waals surface area contributed by atoms with E-state index < -0.39 is 6.10 Å². The highest BCUT2D eigenvalue weighted by Crippen LogP contribution is 2.13. The van der Waals surface area contributed by atoms with E-state index in [1.54, 1.807) is 0 Å². The molecule has 0 bridgehead atoms. The van der Waals surface area contributed by atoms with Crippen molar-refractivity contribution in [2.24, 2.45) is 0 Å². The van der Waals surface area contributed by atoms with Crippen LogP contribution in [0.15, 0.2) is 72.9 Å². The van der Waals surface area contributed by atoms with Crippen molar-refractivity contribution in [2.75, 3.05) is 13.2 Å². The number of hydrogen-bond donors (Lipinski definition) is 0. The highest BCUT2D eigenvalue weighted by atomic mass is 16.6. The minimum absolute atomic E-state index is 0.0855. The third-order valence-electron chi connectivity index (χ3n) is 9.43. The van der Waals surface area contributed by atoms with Crippen LogP contribution in [0.25, 0.3) is 0 Å². The zero-order valence-corrected chi connectivity index (χ0v) is 36.4. The lowest BCUT2D eigenvalue weighted by atomic mass is 10.1. The van der Waals surface area contributed by atoms with Crippen molar-refractivity contribution in [2.45, 2.75) is 213 Å². The van der Waals surface area contributed by atoms with E-state index >= 15 is 0 Å². The molecule has 0 aromatic rings. The van der Waals surface area contributed by atoms with Crippen molar-refractivity contribution < 1.29 is 28.6 Å². The van der Waals surface area contributed by atoms with Gasteiger partial charge in [-0.05, 0) is 83.5 Å². The normalized spacial score (nSPS) is 12.7. The molecule has 0 rings (SSSR count). The van der Waals surface area contributed by atoms with Crippen LogP contribution in [0.3, 0.4) is 0 Å². The SMILES string of the molecule is CC/C=C\C/C=C\C/C=C\C/C=C\C/C=C\CCCCCCCC(=O)OCC(COC(=O)CCCCCCCCC)OC(=O)CCCCCCC/C=C\CCC. The average Bonchev–Trinajstić information content (AvgIpc) is 3.19. The molecule has 6 nitrogen and oxygen atoms in total. The minimum atomic E-state index is -0.782. The van der Waals surface area contributed by atoms with E-state index in [1.807, 2.05) is 0 Å². The van der Waals surface area contributed by atoms with Crippen LogP contribution < -0.4 is 0 Å². The second-order valence-electron chi connectivity index (χ2n) is 14.9. The maximum atomic E-state index is 12.6. The van der Waals surface area contributed by atoms with Gasteiger partial charge in [0.2, 0.25) is 0 Å². The summed E-state index contributed by atoms with van der Waals surface area (Å²) >= 11 is 0. The van der Waals surface area contributed by atoms with Gasteiger partial charge in [-0.15, -0.1) is 0 Å². The first-order valence-corrected chi connectivity index (χ1v) is 22.9. The van der Waals surface area contributed by atoms with Gasteiger partial charge >= 0.3 is 17.9 Å². The molecule has 1 atom stereocenters. The number of hydrogen-bond acceptors (Lipinski definition) is 6. The zero-order chi connectivity index (χ0) is 40.8. The Balaban J connectivity index is 4.28. The van der Waals surface area contributed by atoms with E-state index in [1.165, 1.54) is 38.5 Å². The highest BCUT2D eigenvalue weighted by Gasteiger charge is 2.19. The number of allylic oxidation sites excluding steroid dienone is 12. The lowest BCUT2D eigenvalue weighted by molar-refractivity contribution is -0.167. The lowest BCUT2D eigenvalue weighted by Crippen LogP contribution is -2.30. The molecule has 56 heavy (non-hydrogen) atoms. The summed E-state index contributed by atoms with van der Waals surface area (Å²) in [6.07, 6.45) is 54.7. The minimum Gasteiger partial charge on any atom is -0.462 e. The molecule has 0 aromatic heterocycles. The second kappa shape index (κ2) is 44.6. The first-order valence-electron chi connectivity index (χ1n) is 22.9. The number of unbranched alkanes of at least 4 members (excludes halogenated alkanes) is 17. The summed E-state index contributed by atoms with van der Waals surface area (Å²) < 4.78 is 16.6. The fourth-order valence-electron chi connectivity index (χ4n) is 6.00. The van der Waals surface area contributed by atoms with Crippen molar-refractivity contribution in [3.8, 4) is 0 Å². The van der Waals surface area contributed by atoms with Crippen molar-refractivity contribution in [1.29, 1.82) is 0 Å². The molecule has 0 radical (unpaired) electrons. The molecule has 0 heterocycles. The number of rotatable bonds is 40. The van der Waals surface area contributed by atoms with E-state index in [-0.39, 0.29) is 31.1 Å². The van der Waals surface area contributed by atoms with Crippen LogP contribution in [0.5, 0.6) is 0 Å². The Morgan fingerprint density at radius 2 is 0.732 bits per heavy atom. The van der Waals surface area contributed by atoms with E-state index in [0.29, 0.717) is 19.3 Å². The van der Waals surface area contributed by atoms with Crippen LogP contribution >= 0.6 is 0 Å². The molecule has 0 amide bonds. The van der Waals surface area contributed by atoms with Gasteiger partial charge < -0.3 is 14.2 Å². The number of carbonyl (C=O) groups excluding carboxylic acids is 3. The van der Waals surface area contributed by atoms with Crippen LogP contribution in [0.1, 0.15) is 207 Å². The largest absolute Gasteiger partial charge is 0.462 e. The van der Waals surface area contributed by atoms with E-state index in [0.717, 1.165) is 128 Å². The quantitative estimate of drug-likeness (QED) is 0.0267. The highest BCUT2D eigenvalue weighted by molar-refractivity contribution is 5.71. The van der Waals surface area contributed by atoms with Gasteiger partial charge in [0.1, 0.15) is 13.2 Å². The summed E-state index contributed by atoms with van der Waals surface area (Å²) in [5.41, 5.74) is 0. The monoisotopic (exact) mass is 781 g/mol. The predicted octanol–water partition coefficient (Wildman–Crippen LogP) is 14.7. The molecule has 0 aliphatic carbocycles. The first kappa shape index (κ1) is 52.9. The Morgan fingerprint density at radius 1 is 0.375 bits per heavy atom. The Labute approximate surface area is 344 Å². The molecule has 0 fully saturated rings. The average molecular weight is 781 g/mol. The molecule has 0 aromatic carbocycles. The summed E-state index contributed by atoms with van der Waals surface area (Å²) in [4.78, 5) is 37.6. The third-order valence-corrected chi connectivity index (χ3v) is 9.43. The summed E-state index contributed by atoms with van der Waals surface area (Å²) in [6, 6.07) is 0. The topological polar surface area (TPSA) is 78.9 Å². The Hall–Kier alpha value is -3.15. The lowest BCUT2D eigenvalue weighted by Gasteiger charge is -2.18. The molecule has 0 N–H and O–H groups in total. The maximum Gasteiger partial charge on any atom is 0.306 e. The van der Waals surface area contributed by atoms with Crippen molar-refractivity contribution >= 4 is 17.9 Å². The van der Waals surface area contributed by atoms with E-state index in [9.17, 15) is 14.4 Å². The third kappa shape index (κ3) is 42.0. The van der Waals surface area contributed by atoms with Crippen molar-refractivity contribution in [1.82, 2.24) is 0 Å². The Kier molecular flexibility index (Phi) is 42.1. The fourth-order valence-corrected chi connectivity index (χ4v) is 6.00. The summed E-state index contributed by atoms with van der Waals surface area (Å²) in [5, 5.41) is 0. The molecule has 320 valence electrons. The van der Waals surface area contributed by atoms with E-state index in [2.05, 4.69) is 93.7 Å². The molecule has 0 spiro atoms. The summed E-state index contributed by atoms with van der Waals surface area (Å²) in [5.74, 6) is -0.929. The molecule has 0 aliphatic heterocycles. The Bertz CT molecular complexity index is 1080. The molecule has 0 saturated heterocycles. The number of esters is 3. The summed E-state index contributed by atoms with van der Waals surface area (Å²) in [7, 11) is 0. The molecule has 1 unspecified atom stereocenters. The molecule has 0 saturated carbocycles. The molecule has 0 aliphatic rings. The summed E-state index contributed by atoms with van der Waals surface area (Å²) in [6.45, 7) is 6.37. The van der Waals surface area contributed by atoms with Crippen LogP contribution in [-0.2, 0) is 28.6 Å². The molecule has 6 heteroatoms. The van der Waals surface area contributed by atoms with Crippen LogP contribution in [-0.4, -0.2) is 37.2 Å². The second-order valence-corrected chi connectivity index (χ2v) is 14.9. The molecular weight excluding hydrogens is 697 g/mol. The van der Waals surface area contributed by atoms with Gasteiger partial charge in [0.25, 0.3) is 0 Å².